The predicted octanol–water partition coefficient (Wildman–Crippen LogP) is 2.02. The molecular formula is C13H22N4O. The molecule has 100 valence electrons. The van der Waals surface area contributed by atoms with Gasteiger partial charge in [0, 0.05) is 25.7 Å². The third-order valence-corrected chi connectivity index (χ3v) is 2.62. The van der Waals surface area contributed by atoms with E-state index < -0.39 is 0 Å². The number of amidine groups is 1. The van der Waals surface area contributed by atoms with E-state index in [0.717, 1.165) is 11.6 Å². The van der Waals surface area contributed by atoms with Crippen LogP contribution in [0, 0.1) is 5.41 Å². The van der Waals surface area contributed by atoms with E-state index in [1.165, 1.54) is 0 Å². The summed E-state index contributed by atoms with van der Waals surface area (Å²) in [5, 5.41) is 7.35. The van der Waals surface area contributed by atoms with Crippen molar-refractivity contribution in [2.45, 2.75) is 39.3 Å². The van der Waals surface area contributed by atoms with Crippen LogP contribution >= 0.6 is 0 Å². The van der Waals surface area contributed by atoms with Crippen LogP contribution in [0.3, 0.4) is 0 Å². The monoisotopic (exact) mass is 250 g/mol. The van der Waals surface area contributed by atoms with E-state index in [-0.39, 0.29) is 18.0 Å². The molecule has 5 nitrogen and oxygen atoms in total. The lowest BCUT2D eigenvalue weighted by Crippen LogP contribution is -2.33. The number of hydrogen-bond acceptors (Lipinski definition) is 4. The Morgan fingerprint density at radius 2 is 2.17 bits per heavy atom. The molecule has 1 heterocycles. The zero-order valence-corrected chi connectivity index (χ0v) is 11.5. The van der Waals surface area contributed by atoms with E-state index in [4.69, 9.17) is 15.9 Å². The summed E-state index contributed by atoms with van der Waals surface area (Å²) in [5.41, 5.74) is 5.43. The van der Waals surface area contributed by atoms with Crippen molar-refractivity contribution in [2.24, 2.45) is 5.73 Å². The average molecular weight is 250 g/mol. The standard InChI is InChI=1S/C13H22N4O/c1-9(2)18-11-6-5-7-16-13(11)17(4)10(3)8-12(14)15/h5-7,9-10H,8H2,1-4H3,(H3,14,15). The highest BCUT2D eigenvalue weighted by Crippen LogP contribution is 2.27. The maximum Gasteiger partial charge on any atom is 0.171 e. The van der Waals surface area contributed by atoms with E-state index in [1.54, 1.807) is 6.20 Å². The van der Waals surface area contributed by atoms with Gasteiger partial charge in [-0.3, -0.25) is 5.41 Å². The van der Waals surface area contributed by atoms with Crippen molar-refractivity contribution in [1.29, 1.82) is 5.41 Å². The van der Waals surface area contributed by atoms with Crippen LogP contribution in [0.5, 0.6) is 5.75 Å². The number of rotatable bonds is 6. The minimum atomic E-state index is 0.101. The number of nitrogens with one attached hydrogen (secondary N) is 1. The summed E-state index contributed by atoms with van der Waals surface area (Å²) >= 11 is 0. The summed E-state index contributed by atoms with van der Waals surface area (Å²) < 4.78 is 5.73. The molecule has 0 saturated carbocycles. The molecule has 1 atom stereocenters. The normalized spacial score (nSPS) is 12.3. The first-order chi connectivity index (χ1) is 8.41. The summed E-state index contributed by atoms with van der Waals surface area (Å²) in [7, 11) is 1.93. The Hall–Kier alpha value is -1.78. The average Bonchev–Trinajstić information content (AvgIpc) is 2.27. The van der Waals surface area contributed by atoms with E-state index in [1.807, 2.05) is 44.9 Å². The predicted molar refractivity (Wildman–Crippen MR) is 74.4 cm³/mol. The number of ether oxygens (including phenoxy) is 1. The van der Waals surface area contributed by atoms with Gasteiger partial charge < -0.3 is 15.4 Å². The van der Waals surface area contributed by atoms with Gasteiger partial charge in [-0.15, -0.1) is 0 Å². The third kappa shape index (κ3) is 3.91. The molecule has 1 aromatic heterocycles. The Morgan fingerprint density at radius 3 is 2.72 bits per heavy atom. The number of nitrogens with zero attached hydrogens (tertiary/aromatic N) is 2. The Kier molecular flexibility index (Phi) is 4.95. The van der Waals surface area contributed by atoms with Crippen LogP contribution in [0.1, 0.15) is 27.2 Å². The maximum absolute atomic E-state index is 7.35. The van der Waals surface area contributed by atoms with Gasteiger partial charge in [-0.05, 0) is 32.9 Å². The third-order valence-electron chi connectivity index (χ3n) is 2.62. The van der Waals surface area contributed by atoms with Crippen LogP contribution in [0.25, 0.3) is 0 Å². The molecule has 0 aliphatic rings. The Bertz CT molecular complexity index is 406. The highest BCUT2D eigenvalue weighted by molar-refractivity contribution is 5.78. The second kappa shape index (κ2) is 6.23. The van der Waals surface area contributed by atoms with Crippen molar-refractivity contribution in [3.63, 3.8) is 0 Å². The lowest BCUT2D eigenvalue weighted by molar-refractivity contribution is 0.242. The Morgan fingerprint density at radius 1 is 1.50 bits per heavy atom. The van der Waals surface area contributed by atoms with Crippen molar-refractivity contribution in [1.82, 2.24) is 4.98 Å². The molecule has 0 amide bonds. The molecule has 0 radical (unpaired) electrons. The largest absolute Gasteiger partial charge is 0.487 e. The van der Waals surface area contributed by atoms with Gasteiger partial charge >= 0.3 is 0 Å². The highest BCUT2D eigenvalue weighted by Gasteiger charge is 2.16. The molecule has 5 heteroatoms. The van der Waals surface area contributed by atoms with Crippen LogP contribution < -0.4 is 15.4 Å². The van der Waals surface area contributed by atoms with Gasteiger partial charge in [0.15, 0.2) is 11.6 Å². The minimum Gasteiger partial charge on any atom is -0.487 e. The van der Waals surface area contributed by atoms with Crippen molar-refractivity contribution in [2.75, 3.05) is 11.9 Å². The zero-order valence-electron chi connectivity index (χ0n) is 11.5. The van der Waals surface area contributed by atoms with Crippen LogP contribution in [-0.4, -0.2) is 30.0 Å². The fourth-order valence-electron chi connectivity index (χ4n) is 1.66. The second-order valence-electron chi connectivity index (χ2n) is 4.68. The number of hydrogen-bond donors (Lipinski definition) is 2. The van der Waals surface area contributed by atoms with Crippen molar-refractivity contribution >= 4 is 11.7 Å². The molecule has 1 rings (SSSR count). The van der Waals surface area contributed by atoms with Gasteiger partial charge in [0.1, 0.15) is 0 Å². The molecule has 0 aromatic carbocycles. The van der Waals surface area contributed by atoms with Gasteiger partial charge in [0.25, 0.3) is 0 Å². The lowest BCUT2D eigenvalue weighted by Gasteiger charge is -2.27. The summed E-state index contributed by atoms with van der Waals surface area (Å²) in [6, 6.07) is 3.86. The molecular weight excluding hydrogens is 228 g/mol. The molecule has 0 bridgehead atoms. The van der Waals surface area contributed by atoms with Gasteiger partial charge in [-0.2, -0.15) is 0 Å². The first-order valence-corrected chi connectivity index (χ1v) is 6.09. The van der Waals surface area contributed by atoms with Gasteiger partial charge in [-0.25, -0.2) is 4.98 Å². The van der Waals surface area contributed by atoms with Gasteiger partial charge in [0.2, 0.25) is 0 Å². The number of anilines is 1. The van der Waals surface area contributed by atoms with Gasteiger partial charge in [0.05, 0.1) is 11.9 Å². The topological polar surface area (TPSA) is 75.2 Å². The molecule has 0 aliphatic carbocycles. The first kappa shape index (κ1) is 14.3. The molecule has 0 fully saturated rings. The molecule has 0 aliphatic heterocycles. The van der Waals surface area contributed by atoms with E-state index in [9.17, 15) is 0 Å². The van der Waals surface area contributed by atoms with Crippen molar-refractivity contribution in [3.05, 3.63) is 18.3 Å². The quantitative estimate of drug-likeness (QED) is 0.598. The van der Waals surface area contributed by atoms with Crippen molar-refractivity contribution in [3.8, 4) is 5.75 Å². The van der Waals surface area contributed by atoms with Gasteiger partial charge in [-0.1, -0.05) is 0 Å². The number of nitrogens with two attached hydrogens (primary N) is 1. The zero-order chi connectivity index (χ0) is 13.7. The van der Waals surface area contributed by atoms with Crippen molar-refractivity contribution < 1.29 is 4.74 Å². The molecule has 0 spiro atoms. The smallest absolute Gasteiger partial charge is 0.171 e. The van der Waals surface area contributed by atoms with E-state index in [2.05, 4.69) is 4.98 Å². The Labute approximate surface area is 108 Å². The molecule has 0 saturated heterocycles. The molecule has 1 aromatic rings. The molecule has 1 unspecified atom stereocenters. The fourth-order valence-corrected chi connectivity index (χ4v) is 1.66. The maximum atomic E-state index is 7.35. The van der Waals surface area contributed by atoms with E-state index >= 15 is 0 Å². The number of aromatic nitrogens is 1. The summed E-state index contributed by atoms with van der Waals surface area (Å²) in [4.78, 5) is 6.33. The summed E-state index contributed by atoms with van der Waals surface area (Å²) in [5.74, 6) is 1.71. The fraction of sp³-hybridized carbons (Fsp3) is 0.538. The SMILES string of the molecule is CC(C)Oc1cccnc1N(C)C(C)CC(=N)N. The first-order valence-electron chi connectivity index (χ1n) is 6.09. The lowest BCUT2D eigenvalue weighted by atomic mass is 10.2. The van der Waals surface area contributed by atoms with Crippen LogP contribution in [0.2, 0.25) is 0 Å². The minimum absolute atomic E-state index is 0.101. The number of pyridine rings is 1. The highest BCUT2D eigenvalue weighted by atomic mass is 16.5. The summed E-state index contributed by atoms with van der Waals surface area (Å²) in [6.07, 6.45) is 2.35. The Balaban J connectivity index is 2.90. The van der Waals surface area contributed by atoms with Crippen LogP contribution in [-0.2, 0) is 0 Å². The van der Waals surface area contributed by atoms with Crippen LogP contribution in [0.15, 0.2) is 18.3 Å². The second-order valence-corrected chi connectivity index (χ2v) is 4.68. The molecule has 3 N–H and O–H groups in total. The van der Waals surface area contributed by atoms with Crippen LogP contribution in [0.4, 0.5) is 5.82 Å². The van der Waals surface area contributed by atoms with E-state index in [0.29, 0.717) is 6.42 Å². The molecule has 18 heavy (non-hydrogen) atoms. The summed E-state index contributed by atoms with van der Waals surface area (Å²) in [6.45, 7) is 5.97.